The average Bonchev–Trinajstić information content (AvgIpc) is 2.99. The molecule has 2 fully saturated rings. The lowest BCUT2D eigenvalue weighted by Crippen LogP contribution is -2.38. The lowest BCUT2D eigenvalue weighted by molar-refractivity contribution is -0.144. The predicted molar refractivity (Wildman–Crippen MR) is 80.3 cm³/mol. The number of carbonyl (C=O) groups is 2. The summed E-state index contributed by atoms with van der Waals surface area (Å²) in [5.41, 5.74) is 0.637. The summed E-state index contributed by atoms with van der Waals surface area (Å²) in [6.07, 6.45) is 0.615. The molecule has 3 rings (SSSR count). The van der Waals surface area contributed by atoms with Crippen LogP contribution in [0.4, 0.5) is 0 Å². The lowest BCUT2D eigenvalue weighted by atomic mass is 9.81. The maximum Gasteiger partial charge on any atom is 0.334 e. The van der Waals surface area contributed by atoms with E-state index < -0.39 is 41.9 Å². The molecule has 0 radical (unpaired) electrons. The van der Waals surface area contributed by atoms with Gasteiger partial charge >= 0.3 is 11.9 Å². The zero-order valence-corrected chi connectivity index (χ0v) is 13.6. The first-order valence-electron chi connectivity index (χ1n) is 7.81. The van der Waals surface area contributed by atoms with Crippen molar-refractivity contribution >= 4 is 11.9 Å². The highest BCUT2D eigenvalue weighted by molar-refractivity contribution is 5.91. The van der Waals surface area contributed by atoms with Gasteiger partial charge in [0.2, 0.25) is 0 Å². The van der Waals surface area contributed by atoms with Crippen LogP contribution in [0.25, 0.3) is 0 Å². The van der Waals surface area contributed by atoms with Crippen molar-refractivity contribution in [3.05, 3.63) is 23.8 Å². The molecule has 6 nitrogen and oxygen atoms in total. The van der Waals surface area contributed by atoms with Gasteiger partial charge in [-0.2, -0.15) is 0 Å². The van der Waals surface area contributed by atoms with E-state index in [1.165, 1.54) is 6.92 Å². The van der Waals surface area contributed by atoms with Gasteiger partial charge < -0.3 is 19.3 Å². The number of aliphatic hydroxyl groups excluding tert-OH is 1. The van der Waals surface area contributed by atoms with E-state index in [1.807, 2.05) is 19.9 Å². The second-order valence-electron chi connectivity index (χ2n) is 6.91. The summed E-state index contributed by atoms with van der Waals surface area (Å²) in [4.78, 5) is 23.1. The first-order chi connectivity index (χ1) is 10.7. The number of aliphatic hydroxyl groups is 1. The van der Waals surface area contributed by atoms with Crippen LogP contribution in [-0.2, 0) is 23.8 Å². The molecular weight excluding hydrogens is 300 g/mol. The molecule has 2 aliphatic heterocycles. The first kappa shape index (κ1) is 16.2. The van der Waals surface area contributed by atoms with Crippen molar-refractivity contribution in [1.82, 2.24) is 0 Å². The Morgan fingerprint density at radius 2 is 2.22 bits per heavy atom. The van der Waals surface area contributed by atoms with Gasteiger partial charge in [0.1, 0.15) is 18.3 Å². The molecular formula is C17H22O6. The third kappa shape index (κ3) is 2.93. The van der Waals surface area contributed by atoms with Crippen LogP contribution in [0.1, 0.15) is 33.6 Å². The topological polar surface area (TPSA) is 85.4 Å². The molecule has 23 heavy (non-hydrogen) atoms. The maximum absolute atomic E-state index is 11.8. The van der Waals surface area contributed by atoms with Gasteiger partial charge in [0.25, 0.3) is 0 Å². The minimum absolute atomic E-state index is 0.297. The molecule has 1 aliphatic carbocycles. The Bertz CT molecular complexity index is 594. The summed E-state index contributed by atoms with van der Waals surface area (Å²) in [5, 5.41) is 10.7. The van der Waals surface area contributed by atoms with E-state index in [2.05, 4.69) is 6.58 Å². The van der Waals surface area contributed by atoms with Crippen LogP contribution in [0.3, 0.4) is 0 Å². The summed E-state index contributed by atoms with van der Waals surface area (Å²) in [5.74, 6) is -1.30. The van der Waals surface area contributed by atoms with E-state index in [-0.39, 0.29) is 5.97 Å². The minimum Gasteiger partial charge on any atom is -0.458 e. The third-order valence-electron chi connectivity index (χ3n) is 4.86. The highest BCUT2D eigenvalue weighted by atomic mass is 16.6. The molecule has 3 aliphatic rings. The Morgan fingerprint density at radius 3 is 2.87 bits per heavy atom. The Balaban J connectivity index is 1.92. The fourth-order valence-corrected chi connectivity index (χ4v) is 3.73. The largest absolute Gasteiger partial charge is 0.458 e. The molecule has 0 aromatic rings. The Kier molecular flexibility index (Phi) is 3.84. The molecule has 0 saturated carbocycles. The predicted octanol–water partition coefficient (Wildman–Crippen LogP) is 1.27. The average molecular weight is 322 g/mol. The highest BCUT2D eigenvalue weighted by Gasteiger charge is 2.61. The van der Waals surface area contributed by atoms with Gasteiger partial charge in [-0.05, 0) is 19.9 Å². The van der Waals surface area contributed by atoms with Gasteiger partial charge in [-0.15, -0.1) is 0 Å². The number of rotatable bonds is 1. The van der Waals surface area contributed by atoms with Crippen molar-refractivity contribution < 1.29 is 28.9 Å². The molecule has 0 aromatic carbocycles. The minimum atomic E-state index is -0.868. The molecule has 0 bridgehead atoms. The Hall–Kier alpha value is -1.66. The zero-order chi connectivity index (χ0) is 16.9. The monoisotopic (exact) mass is 322 g/mol. The van der Waals surface area contributed by atoms with Gasteiger partial charge in [0.05, 0.1) is 17.6 Å². The van der Waals surface area contributed by atoms with Crippen molar-refractivity contribution in [3.63, 3.8) is 0 Å². The van der Waals surface area contributed by atoms with Gasteiger partial charge in [-0.3, -0.25) is 4.79 Å². The van der Waals surface area contributed by atoms with Gasteiger partial charge in [0, 0.05) is 25.3 Å². The Labute approximate surface area is 135 Å². The summed E-state index contributed by atoms with van der Waals surface area (Å²) < 4.78 is 16.4. The second kappa shape index (κ2) is 5.46. The van der Waals surface area contributed by atoms with E-state index in [0.29, 0.717) is 18.4 Å². The molecule has 2 heterocycles. The van der Waals surface area contributed by atoms with Crippen LogP contribution in [0.2, 0.25) is 0 Å². The fraction of sp³-hybridized carbons (Fsp3) is 0.647. The van der Waals surface area contributed by atoms with E-state index >= 15 is 0 Å². The third-order valence-corrected chi connectivity index (χ3v) is 4.86. The normalized spacial score (nSPS) is 45.2. The van der Waals surface area contributed by atoms with E-state index in [4.69, 9.17) is 14.2 Å². The van der Waals surface area contributed by atoms with Crippen molar-refractivity contribution in [2.45, 2.75) is 63.6 Å². The van der Waals surface area contributed by atoms with E-state index in [9.17, 15) is 14.7 Å². The molecule has 1 N–H and O–H groups in total. The first-order valence-corrected chi connectivity index (χ1v) is 7.81. The van der Waals surface area contributed by atoms with Crippen LogP contribution >= 0.6 is 0 Å². The Morgan fingerprint density at radius 1 is 1.52 bits per heavy atom. The number of hydrogen-bond acceptors (Lipinski definition) is 6. The number of ether oxygens (including phenoxy) is 3. The summed E-state index contributed by atoms with van der Waals surface area (Å²) in [7, 11) is 0. The zero-order valence-electron chi connectivity index (χ0n) is 13.6. The maximum atomic E-state index is 11.8. The SMILES string of the molecule is C=C1C(=O)O[C@@H]2C/C(C)=C/[C@@H](OC(C)=O)C[C@@]3(C)O[C@H]3[C@@H](O)[C@H]12. The molecule has 6 heteroatoms. The number of epoxide rings is 1. The second-order valence-corrected chi connectivity index (χ2v) is 6.91. The van der Waals surface area contributed by atoms with Crippen LogP contribution in [0, 0.1) is 5.92 Å². The van der Waals surface area contributed by atoms with Crippen molar-refractivity contribution in [2.75, 3.05) is 0 Å². The smallest absolute Gasteiger partial charge is 0.334 e. The summed E-state index contributed by atoms with van der Waals surface area (Å²) in [6.45, 7) is 8.90. The van der Waals surface area contributed by atoms with Crippen LogP contribution in [0.5, 0.6) is 0 Å². The molecule has 6 atom stereocenters. The van der Waals surface area contributed by atoms with E-state index in [1.54, 1.807) is 0 Å². The molecule has 0 aromatic heterocycles. The molecule has 126 valence electrons. The van der Waals surface area contributed by atoms with Crippen LogP contribution < -0.4 is 0 Å². The van der Waals surface area contributed by atoms with Crippen LogP contribution in [0.15, 0.2) is 23.8 Å². The number of carbonyl (C=O) groups excluding carboxylic acids is 2. The van der Waals surface area contributed by atoms with Gasteiger partial charge in [-0.1, -0.05) is 12.2 Å². The van der Waals surface area contributed by atoms with Crippen molar-refractivity contribution in [2.24, 2.45) is 5.92 Å². The number of esters is 2. The number of fused-ring (bicyclic) bond motifs is 2. The standard InChI is InChI=1S/C17H22O6/c1-8-5-11(21-10(3)18)7-17(4)15(23-17)14(19)13-9(2)16(20)22-12(13)6-8/h5,11-15,19H,2,6-7H2,1,3-4H3/b8-5+/t11-,12-,13-,14+,15+,17-/m1/s1. The summed E-state index contributed by atoms with van der Waals surface area (Å²) >= 11 is 0. The van der Waals surface area contributed by atoms with Gasteiger partial charge in [0.15, 0.2) is 0 Å². The summed E-state index contributed by atoms with van der Waals surface area (Å²) in [6, 6.07) is 0. The fourth-order valence-electron chi connectivity index (χ4n) is 3.73. The molecule has 0 unspecified atom stereocenters. The number of hydrogen-bond donors (Lipinski definition) is 1. The highest BCUT2D eigenvalue weighted by Crippen LogP contribution is 2.48. The van der Waals surface area contributed by atoms with Crippen molar-refractivity contribution in [3.8, 4) is 0 Å². The van der Waals surface area contributed by atoms with Crippen molar-refractivity contribution in [1.29, 1.82) is 0 Å². The molecule has 0 amide bonds. The quantitative estimate of drug-likeness (QED) is 0.339. The molecule has 0 spiro atoms. The van der Waals surface area contributed by atoms with Crippen LogP contribution in [-0.4, -0.2) is 47.1 Å². The van der Waals surface area contributed by atoms with Gasteiger partial charge in [-0.25, -0.2) is 4.79 Å². The lowest BCUT2D eigenvalue weighted by Gasteiger charge is -2.26. The molecule has 2 saturated heterocycles. The van der Waals surface area contributed by atoms with E-state index in [0.717, 1.165) is 5.57 Å².